The van der Waals surface area contributed by atoms with Crippen molar-refractivity contribution in [1.29, 1.82) is 0 Å². The average Bonchev–Trinajstić information content (AvgIpc) is 2.75. The Balaban J connectivity index is 1.92. The second-order valence-corrected chi connectivity index (χ2v) is 5.84. The number of nitrogens with one attached hydrogen (secondary N) is 1. The normalized spacial score (nSPS) is 10.2. The van der Waals surface area contributed by atoms with Gasteiger partial charge < -0.3 is 5.32 Å². The van der Waals surface area contributed by atoms with Crippen LogP contribution in [0.2, 0.25) is 0 Å². The molecule has 108 valence electrons. The molecule has 0 aliphatic heterocycles. The molecule has 0 fully saturated rings. The highest BCUT2D eigenvalue weighted by Crippen LogP contribution is 2.34. The molecule has 3 rings (SSSR count). The van der Waals surface area contributed by atoms with E-state index in [0.717, 1.165) is 15.5 Å². The maximum atomic E-state index is 12.0. The van der Waals surface area contributed by atoms with Crippen LogP contribution >= 0.6 is 11.8 Å². The third kappa shape index (κ3) is 3.57. The molecule has 0 aromatic heterocycles. The first-order chi connectivity index (χ1) is 10.8. The Hall–Kier alpha value is -2.52. The molecular weight excluding hydrogens is 290 g/mol. The number of hydrogen-bond acceptors (Lipinski definition) is 3. The molecule has 2 nitrogen and oxygen atoms in total. The van der Waals surface area contributed by atoms with Crippen molar-refractivity contribution in [1.82, 2.24) is 0 Å². The molecule has 0 spiro atoms. The van der Waals surface area contributed by atoms with Gasteiger partial charge in [-0.3, -0.25) is 4.79 Å². The van der Waals surface area contributed by atoms with Crippen LogP contribution in [0.25, 0.3) is 0 Å². The summed E-state index contributed by atoms with van der Waals surface area (Å²) in [6.45, 7) is 0. The van der Waals surface area contributed by atoms with Crippen molar-refractivity contribution in [3.8, 4) is 0 Å². The fourth-order valence-corrected chi connectivity index (χ4v) is 2.98. The number of rotatable bonds is 4. The fraction of sp³-hybridized carbons (Fsp3) is 0. The van der Waals surface area contributed by atoms with Gasteiger partial charge in [0.1, 0.15) is 0 Å². The molecule has 3 heteroatoms. The van der Waals surface area contributed by atoms with Crippen molar-refractivity contribution >= 4 is 23.1 Å². The molecule has 3 aromatic rings. The molecule has 1 N–H and O–H groups in total. The van der Waals surface area contributed by atoms with E-state index in [1.807, 2.05) is 54.6 Å². The summed E-state index contributed by atoms with van der Waals surface area (Å²) >= 11 is 1.67. The highest BCUT2D eigenvalue weighted by molar-refractivity contribution is 7.99. The van der Waals surface area contributed by atoms with Gasteiger partial charge in [0.15, 0.2) is 0 Å². The molecule has 0 aliphatic rings. The van der Waals surface area contributed by atoms with E-state index in [2.05, 4.69) is 17.4 Å². The average molecular weight is 305 g/mol. The molecule has 22 heavy (non-hydrogen) atoms. The molecule has 0 saturated heterocycles. The molecule has 0 aliphatic carbocycles. The highest BCUT2D eigenvalue weighted by Gasteiger charge is 2.05. The Labute approximate surface area is 133 Å². The molecule has 0 atom stereocenters. The monoisotopic (exact) mass is 305 g/mol. The summed E-state index contributed by atoms with van der Waals surface area (Å²) in [6, 6.07) is 27.0. The van der Waals surface area contributed by atoms with Gasteiger partial charge in [-0.25, -0.2) is 0 Å². The lowest BCUT2D eigenvalue weighted by Gasteiger charge is -2.10. The summed E-state index contributed by atoms with van der Waals surface area (Å²) in [5.41, 5.74) is 1.48. The van der Waals surface area contributed by atoms with E-state index in [1.165, 1.54) is 0 Å². The van der Waals surface area contributed by atoms with E-state index in [-0.39, 0.29) is 5.43 Å². The Morgan fingerprint density at radius 3 is 2.05 bits per heavy atom. The predicted molar refractivity (Wildman–Crippen MR) is 93.0 cm³/mol. The van der Waals surface area contributed by atoms with Crippen molar-refractivity contribution < 1.29 is 0 Å². The van der Waals surface area contributed by atoms with Crippen LogP contribution in [-0.2, 0) is 0 Å². The summed E-state index contributed by atoms with van der Waals surface area (Å²) < 4.78 is 0. The molecule has 0 heterocycles. The van der Waals surface area contributed by atoms with Gasteiger partial charge in [0.25, 0.3) is 0 Å². The number of hydrogen-bond donors (Lipinski definition) is 1. The Bertz CT molecular complexity index is 818. The maximum absolute atomic E-state index is 12.0. The van der Waals surface area contributed by atoms with Gasteiger partial charge >= 0.3 is 0 Å². The van der Waals surface area contributed by atoms with Gasteiger partial charge in [0.2, 0.25) is 5.43 Å². The molecule has 0 amide bonds. The Morgan fingerprint density at radius 2 is 1.23 bits per heavy atom. The summed E-state index contributed by atoms with van der Waals surface area (Å²) in [5, 5.41) is 3.25. The summed E-state index contributed by atoms with van der Waals surface area (Å²) in [5.74, 6) is 0. The smallest absolute Gasteiger partial charge is 0.201 e. The molecule has 0 unspecified atom stereocenters. The van der Waals surface area contributed by atoms with Crippen molar-refractivity contribution in [2.75, 3.05) is 5.32 Å². The minimum atomic E-state index is -0.0236. The second-order valence-electron chi connectivity index (χ2n) is 4.72. The third-order valence-electron chi connectivity index (χ3n) is 3.13. The minimum Gasteiger partial charge on any atom is -0.351 e. The number of benzene rings is 2. The molecule has 0 saturated carbocycles. The summed E-state index contributed by atoms with van der Waals surface area (Å²) in [7, 11) is 0. The fourth-order valence-electron chi connectivity index (χ4n) is 2.05. The van der Waals surface area contributed by atoms with Crippen LogP contribution in [0.1, 0.15) is 0 Å². The van der Waals surface area contributed by atoms with Crippen LogP contribution in [0.5, 0.6) is 0 Å². The van der Waals surface area contributed by atoms with Crippen LogP contribution in [0.15, 0.2) is 99.5 Å². The van der Waals surface area contributed by atoms with Crippen LogP contribution in [0.3, 0.4) is 0 Å². The standard InChI is InChI=1S/C19H15NOS/c21-18-13-6-2-5-11-16(18)20-17-12-7-8-14-19(17)22-15-9-3-1-4-10-15/h1-14H,(H,20,21). The van der Waals surface area contributed by atoms with Crippen molar-refractivity contribution in [3.05, 3.63) is 95.2 Å². The van der Waals surface area contributed by atoms with Crippen molar-refractivity contribution in [2.45, 2.75) is 9.79 Å². The van der Waals surface area contributed by atoms with Gasteiger partial charge in [-0.15, -0.1) is 0 Å². The van der Waals surface area contributed by atoms with E-state index in [9.17, 15) is 4.79 Å². The number of anilines is 2. The molecule has 0 radical (unpaired) electrons. The zero-order chi connectivity index (χ0) is 15.2. The van der Waals surface area contributed by atoms with Crippen LogP contribution in [-0.4, -0.2) is 0 Å². The topological polar surface area (TPSA) is 29.1 Å². The van der Waals surface area contributed by atoms with E-state index < -0.39 is 0 Å². The first-order valence-electron chi connectivity index (χ1n) is 7.01. The Kier molecular flexibility index (Phi) is 4.56. The van der Waals surface area contributed by atoms with Crippen LogP contribution < -0.4 is 10.7 Å². The quantitative estimate of drug-likeness (QED) is 0.740. The van der Waals surface area contributed by atoms with Crippen LogP contribution in [0.4, 0.5) is 11.4 Å². The van der Waals surface area contributed by atoms with E-state index in [1.54, 1.807) is 30.0 Å². The third-order valence-corrected chi connectivity index (χ3v) is 4.21. The van der Waals surface area contributed by atoms with Gasteiger partial charge in [0, 0.05) is 9.79 Å². The maximum Gasteiger partial charge on any atom is 0.201 e. The highest BCUT2D eigenvalue weighted by atomic mass is 32.2. The second kappa shape index (κ2) is 6.96. The SMILES string of the molecule is O=c1cccccc1Nc1ccccc1Sc1ccccc1. The van der Waals surface area contributed by atoms with Crippen molar-refractivity contribution in [2.24, 2.45) is 0 Å². The zero-order valence-electron chi connectivity index (χ0n) is 11.9. The van der Waals surface area contributed by atoms with E-state index in [0.29, 0.717) is 5.69 Å². The molecule has 3 aromatic carbocycles. The lowest BCUT2D eigenvalue weighted by Crippen LogP contribution is -2.04. The predicted octanol–water partition coefficient (Wildman–Crippen LogP) is 4.94. The number of para-hydroxylation sites is 1. The zero-order valence-corrected chi connectivity index (χ0v) is 12.7. The minimum absolute atomic E-state index is 0.0236. The van der Waals surface area contributed by atoms with Crippen LogP contribution in [0, 0.1) is 0 Å². The van der Waals surface area contributed by atoms with E-state index in [4.69, 9.17) is 0 Å². The van der Waals surface area contributed by atoms with Gasteiger partial charge in [0.05, 0.1) is 11.4 Å². The first kappa shape index (κ1) is 14.4. The summed E-state index contributed by atoms with van der Waals surface area (Å²) in [6.07, 6.45) is 0. The van der Waals surface area contributed by atoms with E-state index >= 15 is 0 Å². The van der Waals surface area contributed by atoms with Gasteiger partial charge in [-0.2, -0.15) is 0 Å². The molecular formula is C19H15NOS. The lowest BCUT2D eigenvalue weighted by molar-refractivity contribution is 1.38. The largest absolute Gasteiger partial charge is 0.351 e. The van der Waals surface area contributed by atoms with Gasteiger partial charge in [-0.05, 0) is 36.4 Å². The molecule has 0 bridgehead atoms. The Morgan fingerprint density at radius 1 is 0.636 bits per heavy atom. The van der Waals surface area contributed by atoms with Crippen molar-refractivity contribution in [3.63, 3.8) is 0 Å². The van der Waals surface area contributed by atoms with Gasteiger partial charge in [-0.1, -0.05) is 60.3 Å². The lowest BCUT2D eigenvalue weighted by atomic mass is 10.3. The first-order valence-corrected chi connectivity index (χ1v) is 7.83. The summed E-state index contributed by atoms with van der Waals surface area (Å²) in [4.78, 5) is 14.3.